The molecule has 1 atom stereocenters. The van der Waals surface area contributed by atoms with Crippen LogP contribution >= 0.6 is 0 Å². The lowest BCUT2D eigenvalue weighted by Crippen LogP contribution is -2.47. The Kier molecular flexibility index (Phi) is 5.89. The zero-order valence-corrected chi connectivity index (χ0v) is 10.7. The average Bonchev–Trinajstić information content (AvgIpc) is 2.23. The van der Waals surface area contributed by atoms with Gasteiger partial charge in [-0.25, -0.2) is 4.79 Å². The summed E-state index contributed by atoms with van der Waals surface area (Å²) in [6, 6.07) is -1.13. The second-order valence-corrected chi connectivity index (χ2v) is 4.80. The van der Waals surface area contributed by atoms with E-state index in [1.807, 2.05) is 0 Å². The van der Waals surface area contributed by atoms with Crippen LogP contribution in [0.3, 0.4) is 0 Å². The molecule has 0 rings (SSSR count). The van der Waals surface area contributed by atoms with Crippen molar-refractivity contribution >= 4 is 17.8 Å². The fourth-order valence-corrected chi connectivity index (χ4v) is 0.989. The number of rotatable bonds is 5. The Morgan fingerprint density at radius 2 is 1.89 bits per heavy atom. The van der Waals surface area contributed by atoms with Crippen molar-refractivity contribution < 1.29 is 19.5 Å². The van der Waals surface area contributed by atoms with Crippen molar-refractivity contribution in [2.45, 2.75) is 33.2 Å². The SMILES string of the molecule is C#CCC(NC(=O)CNC(=O)C(C)(C)C)C(=O)O. The number of carbonyl (C=O) groups is 3. The van der Waals surface area contributed by atoms with Crippen LogP contribution in [0.1, 0.15) is 27.2 Å². The Morgan fingerprint density at radius 1 is 1.33 bits per heavy atom. The molecule has 0 fully saturated rings. The second-order valence-electron chi connectivity index (χ2n) is 4.80. The molecule has 3 N–H and O–H groups in total. The summed E-state index contributed by atoms with van der Waals surface area (Å²) < 4.78 is 0. The molecule has 0 aromatic rings. The summed E-state index contributed by atoms with van der Waals surface area (Å²) in [5.74, 6) is 0.0775. The minimum absolute atomic E-state index is 0.103. The molecule has 0 heterocycles. The summed E-state index contributed by atoms with van der Waals surface area (Å²) >= 11 is 0. The number of carbonyl (C=O) groups excluding carboxylic acids is 2. The first-order valence-corrected chi connectivity index (χ1v) is 5.42. The van der Waals surface area contributed by atoms with Crippen molar-refractivity contribution in [2.24, 2.45) is 5.41 Å². The van der Waals surface area contributed by atoms with Gasteiger partial charge in [0.05, 0.1) is 6.54 Å². The number of hydrogen-bond acceptors (Lipinski definition) is 3. The van der Waals surface area contributed by atoms with Crippen LogP contribution in [-0.4, -0.2) is 35.5 Å². The molecule has 18 heavy (non-hydrogen) atoms. The molecule has 6 nitrogen and oxygen atoms in total. The lowest BCUT2D eigenvalue weighted by atomic mass is 9.96. The summed E-state index contributed by atoms with van der Waals surface area (Å²) in [5, 5.41) is 13.4. The topological polar surface area (TPSA) is 95.5 Å². The lowest BCUT2D eigenvalue weighted by Gasteiger charge is -2.18. The molecular weight excluding hydrogens is 236 g/mol. The lowest BCUT2D eigenvalue weighted by molar-refractivity contribution is -0.141. The molecule has 0 saturated heterocycles. The molecular formula is C12H18N2O4. The fraction of sp³-hybridized carbons (Fsp3) is 0.583. The number of nitrogens with one attached hydrogen (secondary N) is 2. The molecule has 0 aliphatic rings. The van der Waals surface area contributed by atoms with Crippen LogP contribution in [0.2, 0.25) is 0 Å². The maximum atomic E-state index is 11.5. The van der Waals surface area contributed by atoms with Gasteiger partial charge in [0.15, 0.2) is 0 Å². The second kappa shape index (κ2) is 6.64. The third-order valence-electron chi connectivity index (χ3n) is 2.05. The highest BCUT2D eigenvalue weighted by molar-refractivity contribution is 5.89. The van der Waals surface area contributed by atoms with Crippen molar-refractivity contribution in [3.63, 3.8) is 0 Å². The van der Waals surface area contributed by atoms with Crippen molar-refractivity contribution in [2.75, 3.05) is 6.54 Å². The van der Waals surface area contributed by atoms with E-state index < -0.39 is 23.3 Å². The molecule has 0 aliphatic carbocycles. The van der Waals surface area contributed by atoms with Crippen LogP contribution in [0, 0.1) is 17.8 Å². The van der Waals surface area contributed by atoms with E-state index in [0.29, 0.717) is 0 Å². The average molecular weight is 254 g/mol. The van der Waals surface area contributed by atoms with Gasteiger partial charge in [-0.15, -0.1) is 12.3 Å². The van der Waals surface area contributed by atoms with Crippen LogP contribution in [0.4, 0.5) is 0 Å². The molecule has 0 bridgehead atoms. The van der Waals surface area contributed by atoms with Gasteiger partial charge in [-0.2, -0.15) is 0 Å². The number of terminal acetylenes is 1. The smallest absolute Gasteiger partial charge is 0.327 e. The first-order valence-electron chi connectivity index (χ1n) is 5.42. The third kappa shape index (κ3) is 5.89. The first-order chi connectivity index (χ1) is 8.18. The standard InChI is InChI=1S/C12H18N2O4/c1-5-6-8(10(16)17)14-9(15)7-13-11(18)12(2,3)4/h1,8H,6-7H2,2-4H3,(H,13,18)(H,14,15)(H,16,17). The van der Waals surface area contributed by atoms with Gasteiger partial charge in [0, 0.05) is 11.8 Å². The molecule has 0 spiro atoms. The van der Waals surface area contributed by atoms with E-state index in [1.54, 1.807) is 20.8 Å². The van der Waals surface area contributed by atoms with Gasteiger partial charge in [0.2, 0.25) is 11.8 Å². The summed E-state index contributed by atoms with van der Waals surface area (Å²) in [6.45, 7) is 4.85. The third-order valence-corrected chi connectivity index (χ3v) is 2.05. The Balaban J connectivity index is 4.24. The largest absolute Gasteiger partial charge is 0.480 e. The van der Waals surface area contributed by atoms with Crippen LogP contribution in [0.5, 0.6) is 0 Å². The predicted molar refractivity (Wildman–Crippen MR) is 65.5 cm³/mol. The molecule has 2 amide bonds. The highest BCUT2D eigenvalue weighted by atomic mass is 16.4. The Labute approximate surface area is 106 Å². The van der Waals surface area contributed by atoms with Gasteiger partial charge < -0.3 is 15.7 Å². The Hall–Kier alpha value is -2.03. The summed E-state index contributed by atoms with van der Waals surface area (Å²) in [6.07, 6.45) is 4.88. The molecule has 6 heteroatoms. The zero-order chi connectivity index (χ0) is 14.3. The maximum Gasteiger partial charge on any atom is 0.327 e. The van der Waals surface area contributed by atoms with Gasteiger partial charge in [0.1, 0.15) is 6.04 Å². The van der Waals surface area contributed by atoms with Gasteiger partial charge in [-0.05, 0) is 0 Å². The number of amides is 2. The maximum absolute atomic E-state index is 11.5. The van der Waals surface area contributed by atoms with Crippen LogP contribution in [0.15, 0.2) is 0 Å². The highest BCUT2D eigenvalue weighted by Crippen LogP contribution is 2.11. The summed E-state index contributed by atoms with van der Waals surface area (Å²) in [7, 11) is 0. The van der Waals surface area contributed by atoms with E-state index in [4.69, 9.17) is 11.5 Å². The normalized spacial score (nSPS) is 12.1. The highest BCUT2D eigenvalue weighted by Gasteiger charge is 2.23. The molecule has 100 valence electrons. The number of carboxylic acids is 1. The van der Waals surface area contributed by atoms with Crippen molar-refractivity contribution in [3.8, 4) is 12.3 Å². The van der Waals surface area contributed by atoms with Gasteiger partial charge in [0.25, 0.3) is 0 Å². The van der Waals surface area contributed by atoms with E-state index in [9.17, 15) is 14.4 Å². The van der Waals surface area contributed by atoms with E-state index in [0.717, 1.165) is 0 Å². The molecule has 0 aromatic carbocycles. The molecule has 0 radical (unpaired) electrons. The summed E-state index contributed by atoms with van der Waals surface area (Å²) in [4.78, 5) is 33.6. The minimum atomic E-state index is -1.21. The monoisotopic (exact) mass is 254 g/mol. The number of carboxylic acid groups (broad SMARTS) is 1. The van der Waals surface area contributed by atoms with Gasteiger partial charge >= 0.3 is 5.97 Å². The van der Waals surface area contributed by atoms with E-state index in [1.165, 1.54) is 0 Å². The van der Waals surface area contributed by atoms with E-state index >= 15 is 0 Å². The zero-order valence-electron chi connectivity index (χ0n) is 10.7. The van der Waals surface area contributed by atoms with Gasteiger partial charge in [-0.1, -0.05) is 20.8 Å². The van der Waals surface area contributed by atoms with Crippen LogP contribution < -0.4 is 10.6 Å². The van der Waals surface area contributed by atoms with Crippen molar-refractivity contribution in [1.82, 2.24) is 10.6 Å². The fourth-order valence-electron chi connectivity index (χ4n) is 0.989. The first kappa shape index (κ1) is 16.0. The Bertz CT molecular complexity index is 377. The van der Waals surface area contributed by atoms with Crippen LogP contribution in [0.25, 0.3) is 0 Å². The molecule has 0 saturated carbocycles. The summed E-state index contributed by atoms with van der Waals surface area (Å²) in [5.41, 5.74) is -0.606. The number of aliphatic carboxylic acids is 1. The molecule has 0 aliphatic heterocycles. The molecule has 1 unspecified atom stereocenters. The van der Waals surface area contributed by atoms with Crippen LogP contribution in [-0.2, 0) is 14.4 Å². The van der Waals surface area contributed by atoms with E-state index in [-0.39, 0.29) is 18.9 Å². The minimum Gasteiger partial charge on any atom is -0.480 e. The Morgan fingerprint density at radius 3 is 2.28 bits per heavy atom. The van der Waals surface area contributed by atoms with Crippen molar-refractivity contribution in [1.29, 1.82) is 0 Å². The van der Waals surface area contributed by atoms with E-state index in [2.05, 4.69) is 16.6 Å². The van der Waals surface area contributed by atoms with Crippen molar-refractivity contribution in [3.05, 3.63) is 0 Å². The number of hydrogen-bond donors (Lipinski definition) is 3. The predicted octanol–water partition coefficient (Wildman–Crippen LogP) is -0.259. The molecule has 0 aromatic heterocycles. The van der Waals surface area contributed by atoms with Gasteiger partial charge in [-0.3, -0.25) is 9.59 Å². The quantitative estimate of drug-likeness (QED) is 0.589.